The lowest BCUT2D eigenvalue weighted by Crippen LogP contribution is -2.42. The number of carbonyl (C=O) groups excluding carboxylic acids is 1. The lowest BCUT2D eigenvalue weighted by Gasteiger charge is -2.24. The zero-order valence-corrected chi connectivity index (χ0v) is 11.1. The number of amides is 1. The number of hydrogen-bond acceptors (Lipinski definition) is 5. The molecule has 2 heterocycles. The smallest absolute Gasteiger partial charge is 0.256 e. The third-order valence-corrected chi connectivity index (χ3v) is 3.94. The molecular formula is C14H15N3O3. The molecule has 1 fully saturated rings. The number of ether oxygens (including phenoxy) is 1. The number of nitrogens with zero attached hydrogens (tertiary/aromatic N) is 2. The van der Waals surface area contributed by atoms with E-state index in [0.717, 1.165) is 12.8 Å². The predicted molar refractivity (Wildman–Crippen MR) is 71.7 cm³/mol. The Morgan fingerprint density at radius 2 is 2.35 bits per heavy atom. The molecule has 6 nitrogen and oxygen atoms in total. The zero-order valence-electron chi connectivity index (χ0n) is 11.1. The topological polar surface area (TPSA) is 85.6 Å². The molecule has 0 saturated carbocycles. The minimum absolute atomic E-state index is 0.0506. The van der Waals surface area contributed by atoms with Crippen LogP contribution in [-0.2, 0) is 0 Å². The van der Waals surface area contributed by atoms with Crippen molar-refractivity contribution in [3.63, 3.8) is 0 Å². The normalized spacial score (nSPS) is 24.2. The number of anilines is 1. The third kappa shape index (κ3) is 1.74. The Kier molecular flexibility index (Phi) is 2.90. The highest BCUT2D eigenvalue weighted by Gasteiger charge is 2.39. The van der Waals surface area contributed by atoms with Gasteiger partial charge in [-0.15, -0.1) is 0 Å². The van der Waals surface area contributed by atoms with Crippen LogP contribution in [0, 0.1) is 11.3 Å². The molecule has 3 rings (SSSR count). The van der Waals surface area contributed by atoms with Crippen molar-refractivity contribution < 1.29 is 14.6 Å². The van der Waals surface area contributed by atoms with E-state index in [1.54, 1.807) is 4.90 Å². The van der Waals surface area contributed by atoms with Crippen molar-refractivity contribution >= 4 is 11.6 Å². The van der Waals surface area contributed by atoms with Gasteiger partial charge in [-0.25, -0.2) is 0 Å². The van der Waals surface area contributed by atoms with E-state index in [1.807, 2.05) is 0 Å². The van der Waals surface area contributed by atoms with Gasteiger partial charge in [0.25, 0.3) is 5.91 Å². The zero-order chi connectivity index (χ0) is 14.3. The number of nitriles is 1. The Hall–Kier alpha value is -2.42. The van der Waals surface area contributed by atoms with Crippen LogP contribution < -0.4 is 10.1 Å². The number of hydrogen-bond donors (Lipinski definition) is 2. The number of benzene rings is 1. The second-order valence-electron chi connectivity index (χ2n) is 5.03. The number of nitrogens with one attached hydrogen (secondary N) is 1. The van der Waals surface area contributed by atoms with Crippen LogP contribution >= 0.6 is 0 Å². The fraction of sp³-hybridized carbons (Fsp3) is 0.429. The molecule has 0 aromatic heterocycles. The Bertz CT molecular complexity index is 608. The maximum absolute atomic E-state index is 12.6. The maximum Gasteiger partial charge on any atom is 0.256 e. The summed E-state index contributed by atoms with van der Waals surface area (Å²) in [6, 6.07) is 4.59. The van der Waals surface area contributed by atoms with Crippen molar-refractivity contribution in [3.05, 3.63) is 17.7 Å². The van der Waals surface area contributed by atoms with Gasteiger partial charge < -0.3 is 20.1 Å². The number of aromatic hydroxyl groups is 1. The van der Waals surface area contributed by atoms with Crippen LogP contribution in [-0.4, -0.2) is 41.7 Å². The molecule has 0 bridgehead atoms. The van der Waals surface area contributed by atoms with E-state index in [1.165, 1.54) is 19.2 Å². The Morgan fingerprint density at radius 1 is 1.55 bits per heavy atom. The number of fused-ring (bicyclic) bond motifs is 2. The molecule has 0 spiro atoms. The summed E-state index contributed by atoms with van der Waals surface area (Å²) >= 11 is 0. The van der Waals surface area contributed by atoms with Crippen LogP contribution in [0.4, 0.5) is 5.69 Å². The van der Waals surface area contributed by atoms with E-state index in [-0.39, 0.29) is 23.4 Å². The number of phenols is 1. The molecule has 2 atom stereocenters. The first-order valence-electron chi connectivity index (χ1n) is 6.54. The molecule has 2 N–H and O–H groups in total. The molecule has 20 heavy (non-hydrogen) atoms. The van der Waals surface area contributed by atoms with Gasteiger partial charge in [0.2, 0.25) is 0 Å². The molecule has 1 saturated heterocycles. The van der Waals surface area contributed by atoms with E-state index < -0.39 is 6.04 Å². The molecule has 104 valence electrons. The number of phenolic OH excluding ortho intramolecular Hbond substituents is 1. The minimum atomic E-state index is -0.463. The summed E-state index contributed by atoms with van der Waals surface area (Å²) in [4.78, 5) is 14.3. The van der Waals surface area contributed by atoms with Gasteiger partial charge in [0.05, 0.1) is 30.5 Å². The van der Waals surface area contributed by atoms with Gasteiger partial charge in [-0.05, 0) is 18.9 Å². The summed E-state index contributed by atoms with van der Waals surface area (Å²) in [6.45, 7) is 0.659. The van der Waals surface area contributed by atoms with E-state index in [4.69, 9.17) is 4.74 Å². The van der Waals surface area contributed by atoms with E-state index in [9.17, 15) is 15.2 Å². The molecule has 2 aliphatic heterocycles. The van der Waals surface area contributed by atoms with E-state index in [2.05, 4.69) is 11.4 Å². The average molecular weight is 273 g/mol. The molecule has 1 aromatic carbocycles. The van der Waals surface area contributed by atoms with Crippen molar-refractivity contribution in [2.45, 2.75) is 24.9 Å². The first-order chi connectivity index (χ1) is 9.65. The molecule has 0 radical (unpaired) electrons. The third-order valence-electron chi connectivity index (χ3n) is 3.94. The Labute approximate surface area is 116 Å². The Balaban J connectivity index is 2.12. The Morgan fingerprint density at radius 3 is 3.05 bits per heavy atom. The van der Waals surface area contributed by atoms with Crippen LogP contribution in [0.1, 0.15) is 23.2 Å². The van der Waals surface area contributed by atoms with E-state index in [0.29, 0.717) is 17.8 Å². The van der Waals surface area contributed by atoms with Crippen molar-refractivity contribution in [2.24, 2.45) is 0 Å². The SMILES string of the molecule is COc1cc2c(cc1O)N[C@H](C#N)[C@@H]1CCCN1C2=O. The molecule has 0 unspecified atom stereocenters. The highest BCUT2D eigenvalue weighted by molar-refractivity contribution is 6.01. The summed E-state index contributed by atoms with van der Waals surface area (Å²) < 4.78 is 5.05. The highest BCUT2D eigenvalue weighted by Crippen LogP contribution is 2.37. The van der Waals surface area contributed by atoms with Crippen LogP contribution in [0.2, 0.25) is 0 Å². The standard InChI is InChI=1S/C14H15N3O3/c1-20-13-5-8-9(6-12(13)18)16-10(7-15)11-3-2-4-17(11)14(8)19/h5-6,10-11,16,18H,2-4H2,1H3/t10-,11+/m1/s1. The van der Waals surface area contributed by atoms with E-state index >= 15 is 0 Å². The second kappa shape index (κ2) is 4.60. The lowest BCUT2D eigenvalue weighted by molar-refractivity contribution is 0.0740. The summed E-state index contributed by atoms with van der Waals surface area (Å²) in [7, 11) is 1.44. The molecule has 2 aliphatic rings. The van der Waals surface area contributed by atoms with Gasteiger partial charge in [0.1, 0.15) is 6.04 Å². The van der Waals surface area contributed by atoms with Gasteiger partial charge >= 0.3 is 0 Å². The first kappa shape index (κ1) is 12.6. The molecular weight excluding hydrogens is 258 g/mol. The molecule has 6 heteroatoms. The number of carbonyl (C=O) groups is 1. The number of rotatable bonds is 1. The quantitative estimate of drug-likeness (QED) is 0.806. The van der Waals surface area contributed by atoms with Crippen molar-refractivity contribution in [1.29, 1.82) is 5.26 Å². The van der Waals surface area contributed by atoms with Gasteiger partial charge in [-0.1, -0.05) is 0 Å². The monoisotopic (exact) mass is 273 g/mol. The number of methoxy groups -OCH3 is 1. The van der Waals surface area contributed by atoms with Crippen LogP contribution in [0.25, 0.3) is 0 Å². The van der Waals surface area contributed by atoms with Crippen molar-refractivity contribution in [2.75, 3.05) is 19.0 Å². The summed E-state index contributed by atoms with van der Waals surface area (Å²) in [5.74, 6) is 0.0846. The van der Waals surface area contributed by atoms with Gasteiger partial charge in [-0.2, -0.15) is 5.26 Å². The molecule has 1 amide bonds. The summed E-state index contributed by atoms with van der Waals surface area (Å²) in [6.07, 6.45) is 1.72. The average Bonchev–Trinajstić information content (AvgIpc) is 2.89. The summed E-state index contributed by atoms with van der Waals surface area (Å²) in [5.41, 5.74) is 0.915. The lowest BCUT2D eigenvalue weighted by atomic mass is 10.1. The summed E-state index contributed by atoms with van der Waals surface area (Å²) in [5, 5.41) is 22.2. The minimum Gasteiger partial charge on any atom is -0.504 e. The van der Waals surface area contributed by atoms with Gasteiger partial charge in [0.15, 0.2) is 11.5 Å². The molecule has 0 aliphatic carbocycles. The predicted octanol–water partition coefficient (Wildman–Crippen LogP) is 1.32. The van der Waals surface area contributed by atoms with Gasteiger partial charge in [-0.3, -0.25) is 4.79 Å². The molecule has 1 aromatic rings. The van der Waals surface area contributed by atoms with Gasteiger partial charge in [0, 0.05) is 12.6 Å². The highest BCUT2D eigenvalue weighted by atomic mass is 16.5. The first-order valence-corrected chi connectivity index (χ1v) is 6.54. The largest absolute Gasteiger partial charge is 0.504 e. The van der Waals surface area contributed by atoms with Crippen LogP contribution in [0.3, 0.4) is 0 Å². The maximum atomic E-state index is 12.6. The van der Waals surface area contributed by atoms with Crippen LogP contribution in [0.15, 0.2) is 12.1 Å². The second-order valence-corrected chi connectivity index (χ2v) is 5.03. The van der Waals surface area contributed by atoms with Crippen LogP contribution in [0.5, 0.6) is 11.5 Å². The fourth-order valence-corrected chi connectivity index (χ4v) is 2.96. The van der Waals surface area contributed by atoms with Crippen molar-refractivity contribution in [1.82, 2.24) is 4.90 Å². The van der Waals surface area contributed by atoms with Crippen molar-refractivity contribution in [3.8, 4) is 17.6 Å². The fourth-order valence-electron chi connectivity index (χ4n) is 2.96.